The molecule has 1 aliphatic rings. The molecule has 4 heteroatoms. The Morgan fingerprint density at radius 2 is 1.68 bits per heavy atom. The van der Waals surface area contributed by atoms with Crippen molar-refractivity contribution >= 4 is 9.84 Å². The summed E-state index contributed by atoms with van der Waals surface area (Å²) < 4.78 is 29.9. The Bertz CT molecular complexity index is 719. The van der Waals surface area contributed by atoms with Gasteiger partial charge in [-0.2, -0.15) is 0 Å². The Morgan fingerprint density at radius 1 is 0.955 bits per heavy atom. The first-order valence-corrected chi connectivity index (χ1v) is 9.39. The third-order valence-corrected chi connectivity index (χ3v) is 5.47. The van der Waals surface area contributed by atoms with Crippen molar-refractivity contribution in [2.45, 2.75) is 25.2 Å². The molecule has 0 bridgehead atoms. The second-order valence-corrected chi connectivity index (χ2v) is 8.03. The zero-order chi connectivity index (χ0) is 15.4. The van der Waals surface area contributed by atoms with Gasteiger partial charge in [0.05, 0.1) is 11.5 Å². The number of hydrogen-bond donors (Lipinski definition) is 0. The molecule has 116 valence electrons. The molecule has 3 nitrogen and oxygen atoms in total. The minimum Gasteiger partial charge on any atom is -0.489 e. The molecule has 1 saturated carbocycles. The van der Waals surface area contributed by atoms with Gasteiger partial charge in [0.15, 0.2) is 9.84 Å². The summed E-state index contributed by atoms with van der Waals surface area (Å²) in [5, 5.41) is 0. The molecule has 0 spiro atoms. The maximum atomic E-state index is 12.1. The highest BCUT2D eigenvalue weighted by Crippen LogP contribution is 2.31. The fraction of sp³-hybridized carbons (Fsp3) is 0.333. The van der Waals surface area contributed by atoms with E-state index in [1.54, 1.807) is 0 Å². The molecule has 0 radical (unpaired) electrons. The molecule has 1 aliphatic carbocycles. The lowest BCUT2D eigenvalue weighted by atomic mass is 10.2. The lowest BCUT2D eigenvalue weighted by Crippen LogP contribution is -2.10. The molecule has 22 heavy (non-hydrogen) atoms. The van der Waals surface area contributed by atoms with E-state index in [0.717, 1.165) is 24.0 Å². The van der Waals surface area contributed by atoms with Crippen molar-refractivity contribution in [1.82, 2.24) is 0 Å². The number of ether oxygens (including phenoxy) is 1. The molecule has 0 atom stereocenters. The molecule has 0 aliphatic heterocycles. The van der Waals surface area contributed by atoms with E-state index in [4.69, 9.17) is 4.74 Å². The van der Waals surface area contributed by atoms with Crippen molar-refractivity contribution in [2.75, 3.05) is 5.75 Å². The molecule has 0 amide bonds. The summed E-state index contributed by atoms with van der Waals surface area (Å²) in [5.74, 6) is 1.53. The van der Waals surface area contributed by atoms with Gasteiger partial charge in [0, 0.05) is 0 Å². The van der Waals surface area contributed by atoms with Crippen LogP contribution < -0.4 is 4.74 Å². The van der Waals surface area contributed by atoms with Crippen LogP contribution in [0.3, 0.4) is 0 Å². The predicted octanol–water partition coefficient (Wildman–Crippen LogP) is 3.59. The summed E-state index contributed by atoms with van der Waals surface area (Å²) in [4.78, 5) is 0. The van der Waals surface area contributed by atoms with Crippen molar-refractivity contribution in [1.29, 1.82) is 0 Å². The number of sulfone groups is 1. The Kier molecular flexibility index (Phi) is 4.48. The van der Waals surface area contributed by atoms with Gasteiger partial charge in [-0.15, -0.1) is 0 Å². The second kappa shape index (κ2) is 6.53. The van der Waals surface area contributed by atoms with Crippen LogP contribution in [0.5, 0.6) is 5.75 Å². The van der Waals surface area contributed by atoms with Gasteiger partial charge in [0.1, 0.15) is 12.4 Å². The van der Waals surface area contributed by atoms with Crippen molar-refractivity contribution in [2.24, 2.45) is 5.92 Å². The van der Waals surface area contributed by atoms with Crippen LogP contribution in [0.2, 0.25) is 0 Å². The molecule has 2 aromatic carbocycles. The Balaban J connectivity index is 1.62. The zero-order valence-corrected chi connectivity index (χ0v) is 13.3. The first-order valence-electron chi connectivity index (χ1n) is 7.57. The number of rotatable bonds is 7. The van der Waals surface area contributed by atoms with Crippen LogP contribution in [0.15, 0.2) is 54.6 Å². The van der Waals surface area contributed by atoms with Crippen LogP contribution >= 0.6 is 0 Å². The van der Waals surface area contributed by atoms with Crippen molar-refractivity contribution in [3.05, 3.63) is 65.7 Å². The standard InChI is InChI=1S/C18H20O3S/c19-22(20,13-16-9-10-16)14-17-7-4-8-18(11-17)21-12-15-5-2-1-3-6-15/h1-8,11,16H,9-10,12-14H2. The molecule has 3 rings (SSSR count). The SMILES string of the molecule is O=S(=O)(Cc1cccc(OCc2ccccc2)c1)CC1CC1. The summed E-state index contributed by atoms with van der Waals surface area (Å²) in [6.07, 6.45) is 2.11. The first kappa shape index (κ1) is 15.1. The van der Waals surface area contributed by atoms with E-state index in [2.05, 4.69) is 0 Å². The maximum absolute atomic E-state index is 12.1. The average molecular weight is 316 g/mol. The van der Waals surface area contributed by atoms with Gasteiger partial charge in [-0.1, -0.05) is 42.5 Å². The molecule has 0 unspecified atom stereocenters. The van der Waals surface area contributed by atoms with Gasteiger partial charge in [0.2, 0.25) is 0 Å². The van der Waals surface area contributed by atoms with E-state index in [1.807, 2.05) is 54.6 Å². The highest BCUT2D eigenvalue weighted by atomic mass is 32.2. The second-order valence-electron chi connectivity index (χ2n) is 5.92. The van der Waals surface area contributed by atoms with Gasteiger partial charge in [-0.25, -0.2) is 8.42 Å². The topological polar surface area (TPSA) is 43.4 Å². The number of benzene rings is 2. The molecule has 1 fully saturated rings. The summed E-state index contributed by atoms with van der Waals surface area (Å²) in [6, 6.07) is 17.3. The normalized spacial score (nSPS) is 14.7. The predicted molar refractivity (Wildman–Crippen MR) is 87.4 cm³/mol. The molecular formula is C18H20O3S. The number of hydrogen-bond acceptors (Lipinski definition) is 3. The van der Waals surface area contributed by atoms with E-state index >= 15 is 0 Å². The molecular weight excluding hydrogens is 296 g/mol. The monoisotopic (exact) mass is 316 g/mol. The quantitative estimate of drug-likeness (QED) is 0.784. The summed E-state index contributed by atoms with van der Waals surface area (Å²) in [7, 11) is -3.01. The average Bonchev–Trinajstić information content (AvgIpc) is 3.29. The summed E-state index contributed by atoms with van der Waals surface area (Å²) in [6.45, 7) is 0.485. The van der Waals surface area contributed by atoms with Crippen LogP contribution in [-0.2, 0) is 22.2 Å². The Labute approximate surface area is 131 Å². The Hall–Kier alpha value is -1.81. The van der Waals surface area contributed by atoms with Crippen molar-refractivity contribution in [3.8, 4) is 5.75 Å². The van der Waals surface area contributed by atoms with Gasteiger partial charge in [0.25, 0.3) is 0 Å². The smallest absolute Gasteiger partial charge is 0.154 e. The van der Waals surface area contributed by atoms with Gasteiger partial charge < -0.3 is 4.74 Å². The van der Waals surface area contributed by atoms with E-state index in [1.165, 1.54) is 0 Å². The first-order chi connectivity index (χ1) is 10.6. The summed E-state index contributed by atoms with van der Waals surface area (Å²) >= 11 is 0. The molecule has 0 heterocycles. The highest BCUT2D eigenvalue weighted by Gasteiger charge is 2.28. The largest absolute Gasteiger partial charge is 0.489 e. The Morgan fingerprint density at radius 3 is 2.41 bits per heavy atom. The van der Waals surface area contributed by atoms with Crippen LogP contribution in [0.25, 0.3) is 0 Å². The van der Waals surface area contributed by atoms with Crippen LogP contribution in [-0.4, -0.2) is 14.2 Å². The summed E-state index contributed by atoms with van der Waals surface area (Å²) in [5.41, 5.74) is 1.89. The maximum Gasteiger partial charge on any atom is 0.154 e. The molecule has 0 aromatic heterocycles. The van der Waals surface area contributed by atoms with E-state index < -0.39 is 9.84 Å². The van der Waals surface area contributed by atoms with Gasteiger partial charge >= 0.3 is 0 Å². The van der Waals surface area contributed by atoms with Crippen molar-refractivity contribution < 1.29 is 13.2 Å². The van der Waals surface area contributed by atoms with Crippen LogP contribution in [0.4, 0.5) is 0 Å². The fourth-order valence-corrected chi connectivity index (χ4v) is 4.28. The van der Waals surface area contributed by atoms with Crippen LogP contribution in [0.1, 0.15) is 24.0 Å². The lowest BCUT2D eigenvalue weighted by Gasteiger charge is -2.09. The van der Waals surface area contributed by atoms with Gasteiger partial charge in [-0.3, -0.25) is 0 Å². The molecule has 2 aromatic rings. The minimum absolute atomic E-state index is 0.103. The van der Waals surface area contributed by atoms with Gasteiger partial charge in [-0.05, 0) is 42.0 Å². The molecule has 0 saturated heterocycles. The highest BCUT2D eigenvalue weighted by molar-refractivity contribution is 7.90. The van der Waals surface area contributed by atoms with Crippen LogP contribution in [0, 0.1) is 5.92 Å². The third kappa shape index (κ3) is 4.60. The van der Waals surface area contributed by atoms with E-state index in [0.29, 0.717) is 24.0 Å². The third-order valence-electron chi connectivity index (χ3n) is 3.72. The van der Waals surface area contributed by atoms with Crippen molar-refractivity contribution in [3.63, 3.8) is 0 Å². The zero-order valence-electron chi connectivity index (χ0n) is 12.4. The fourth-order valence-electron chi connectivity index (χ4n) is 2.42. The minimum atomic E-state index is -3.01. The van der Waals surface area contributed by atoms with E-state index in [9.17, 15) is 8.42 Å². The van der Waals surface area contributed by atoms with E-state index in [-0.39, 0.29) is 5.75 Å². The lowest BCUT2D eigenvalue weighted by molar-refractivity contribution is 0.306. The molecule has 0 N–H and O–H groups in total.